The Balaban J connectivity index is 2.86. The Hall–Kier alpha value is -0.950. The second kappa shape index (κ2) is 4.92. The molecular formula is C9H17N3O3S. The normalized spacial score (nSPS) is 16.0. The summed E-state index contributed by atoms with van der Waals surface area (Å²) in [5.41, 5.74) is 5.77. The van der Waals surface area contributed by atoms with Crippen LogP contribution < -0.4 is 5.73 Å². The highest BCUT2D eigenvalue weighted by Crippen LogP contribution is 2.20. The lowest BCUT2D eigenvalue weighted by molar-refractivity contribution is 0.331. The fourth-order valence-corrected chi connectivity index (χ4v) is 2.07. The lowest BCUT2D eigenvalue weighted by Gasteiger charge is -2.13. The zero-order valence-electron chi connectivity index (χ0n) is 9.67. The van der Waals surface area contributed by atoms with Crippen molar-refractivity contribution in [2.24, 2.45) is 5.73 Å². The van der Waals surface area contributed by atoms with Gasteiger partial charge in [-0.05, 0) is 13.3 Å². The lowest BCUT2D eigenvalue weighted by Crippen LogP contribution is -2.24. The molecule has 1 rings (SSSR count). The molecule has 2 atom stereocenters. The average molecular weight is 247 g/mol. The topological polar surface area (TPSA) is 99.1 Å². The van der Waals surface area contributed by atoms with E-state index in [1.165, 1.54) is 0 Å². The smallest absolute Gasteiger partial charge is 0.231 e. The molecule has 0 aliphatic heterocycles. The van der Waals surface area contributed by atoms with Gasteiger partial charge >= 0.3 is 0 Å². The third kappa shape index (κ3) is 3.57. The fraction of sp³-hybridized carbons (Fsp3) is 0.778. The van der Waals surface area contributed by atoms with Crippen LogP contribution in [-0.4, -0.2) is 30.9 Å². The molecule has 0 bridgehead atoms. The Labute approximate surface area is 95.1 Å². The van der Waals surface area contributed by atoms with Gasteiger partial charge in [0.2, 0.25) is 5.89 Å². The first-order valence-corrected chi connectivity index (χ1v) is 7.15. The van der Waals surface area contributed by atoms with Gasteiger partial charge in [-0.25, -0.2) is 8.42 Å². The summed E-state index contributed by atoms with van der Waals surface area (Å²) in [6.45, 7) is 3.82. The summed E-state index contributed by atoms with van der Waals surface area (Å²) in [4.78, 5) is 4.05. The van der Waals surface area contributed by atoms with Crippen molar-refractivity contribution < 1.29 is 12.9 Å². The van der Waals surface area contributed by atoms with Gasteiger partial charge in [-0.2, -0.15) is 4.98 Å². The molecule has 16 heavy (non-hydrogen) atoms. The Kier molecular flexibility index (Phi) is 4.03. The second-order valence-electron chi connectivity index (χ2n) is 3.99. The van der Waals surface area contributed by atoms with Crippen LogP contribution in [0.2, 0.25) is 0 Å². The Morgan fingerprint density at radius 3 is 2.56 bits per heavy atom. The molecule has 7 heteroatoms. The van der Waals surface area contributed by atoms with Crippen molar-refractivity contribution >= 4 is 9.84 Å². The summed E-state index contributed by atoms with van der Waals surface area (Å²) < 4.78 is 27.1. The minimum Gasteiger partial charge on any atom is -0.339 e. The molecule has 0 saturated carbocycles. The quantitative estimate of drug-likeness (QED) is 0.811. The summed E-state index contributed by atoms with van der Waals surface area (Å²) in [6, 6.07) is -0.100. The Bertz CT molecular complexity index is 439. The molecule has 0 saturated heterocycles. The maximum absolute atomic E-state index is 11.0. The van der Waals surface area contributed by atoms with Gasteiger partial charge in [0.1, 0.15) is 5.75 Å². The van der Waals surface area contributed by atoms with Gasteiger partial charge in [0, 0.05) is 12.3 Å². The van der Waals surface area contributed by atoms with Crippen molar-refractivity contribution in [3.05, 3.63) is 11.7 Å². The molecule has 0 radical (unpaired) electrons. The molecule has 0 amide bonds. The van der Waals surface area contributed by atoms with E-state index in [0.29, 0.717) is 5.89 Å². The standard InChI is InChI=1S/C9H17N3O3S/c1-4-7(6(2)10)9-11-8(12-15-9)5-16(3,13)14/h6-7H,4-5,10H2,1-3H3. The zero-order chi connectivity index (χ0) is 12.3. The second-order valence-corrected chi connectivity index (χ2v) is 6.13. The van der Waals surface area contributed by atoms with E-state index in [1.807, 2.05) is 13.8 Å². The van der Waals surface area contributed by atoms with E-state index in [-0.39, 0.29) is 23.5 Å². The summed E-state index contributed by atoms with van der Waals surface area (Å²) in [5, 5.41) is 3.63. The fourth-order valence-electron chi connectivity index (χ4n) is 1.48. The molecule has 0 aliphatic carbocycles. The van der Waals surface area contributed by atoms with E-state index in [2.05, 4.69) is 10.1 Å². The molecule has 2 N–H and O–H groups in total. The summed E-state index contributed by atoms with van der Waals surface area (Å²) >= 11 is 0. The number of rotatable bonds is 5. The van der Waals surface area contributed by atoms with Crippen LogP contribution in [0, 0.1) is 0 Å². The predicted molar refractivity (Wildman–Crippen MR) is 59.5 cm³/mol. The van der Waals surface area contributed by atoms with E-state index in [1.54, 1.807) is 0 Å². The van der Waals surface area contributed by atoms with Crippen LogP contribution in [0.25, 0.3) is 0 Å². The van der Waals surface area contributed by atoms with Gasteiger partial charge in [0.15, 0.2) is 15.7 Å². The van der Waals surface area contributed by atoms with Gasteiger partial charge < -0.3 is 10.3 Å². The summed E-state index contributed by atoms with van der Waals surface area (Å²) in [7, 11) is -3.13. The minimum atomic E-state index is -3.13. The molecular weight excluding hydrogens is 230 g/mol. The van der Waals surface area contributed by atoms with E-state index < -0.39 is 9.84 Å². The number of hydrogen-bond acceptors (Lipinski definition) is 6. The number of sulfone groups is 1. The van der Waals surface area contributed by atoms with E-state index in [4.69, 9.17) is 10.3 Å². The molecule has 6 nitrogen and oxygen atoms in total. The van der Waals surface area contributed by atoms with Crippen LogP contribution in [0.15, 0.2) is 4.52 Å². The minimum absolute atomic E-state index is 0.0270. The van der Waals surface area contributed by atoms with Gasteiger partial charge in [-0.3, -0.25) is 0 Å². The first-order valence-electron chi connectivity index (χ1n) is 5.09. The highest BCUT2D eigenvalue weighted by atomic mass is 32.2. The molecule has 1 aromatic rings. The maximum Gasteiger partial charge on any atom is 0.231 e. The van der Waals surface area contributed by atoms with Crippen LogP contribution in [0.5, 0.6) is 0 Å². The van der Waals surface area contributed by atoms with E-state index in [9.17, 15) is 8.42 Å². The predicted octanol–water partition coefficient (Wildman–Crippen LogP) is 0.455. The van der Waals surface area contributed by atoms with Crippen molar-refractivity contribution in [1.29, 1.82) is 0 Å². The molecule has 2 unspecified atom stereocenters. The van der Waals surface area contributed by atoms with Crippen molar-refractivity contribution in [2.45, 2.75) is 38.0 Å². The van der Waals surface area contributed by atoms with Crippen molar-refractivity contribution in [2.75, 3.05) is 6.26 Å². The molecule has 0 aromatic carbocycles. The van der Waals surface area contributed by atoms with Gasteiger partial charge in [-0.1, -0.05) is 12.1 Å². The van der Waals surface area contributed by atoms with Gasteiger partial charge in [0.25, 0.3) is 0 Å². The molecule has 1 aromatic heterocycles. The summed E-state index contributed by atoms with van der Waals surface area (Å²) in [5.74, 6) is 0.375. The first kappa shape index (κ1) is 13.1. The third-order valence-corrected chi connectivity index (χ3v) is 3.05. The SMILES string of the molecule is CCC(c1nc(CS(C)(=O)=O)no1)C(C)N. The largest absolute Gasteiger partial charge is 0.339 e. The van der Waals surface area contributed by atoms with Crippen LogP contribution in [0.3, 0.4) is 0 Å². The van der Waals surface area contributed by atoms with Crippen LogP contribution >= 0.6 is 0 Å². The van der Waals surface area contributed by atoms with Crippen LogP contribution in [0.4, 0.5) is 0 Å². The molecule has 0 fully saturated rings. The van der Waals surface area contributed by atoms with Crippen LogP contribution in [-0.2, 0) is 15.6 Å². The lowest BCUT2D eigenvalue weighted by atomic mass is 9.99. The first-order chi connectivity index (χ1) is 7.33. The Morgan fingerprint density at radius 2 is 2.12 bits per heavy atom. The number of hydrogen-bond donors (Lipinski definition) is 1. The monoisotopic (exact) mass is 247 g/mol. The van der Waals surface area contributed by atoms with E-state index >= 15 is 0 Å². The van der Waals surface area contributed by atoms with Gasteiger partial charge in [0.05, 0.1) is 5.92 Å². The van der Waals surface area contributed by atoms with Crippen molar-refractivity contribution in [1.82, 2.24) is 10.1 Å². The maximum atomic E-state index is 11.0. The Morgan fingerprint density at radius 1 is 1.50 bits per heavy atom. The number of nitrogens with zero attached hydrogens (tertiary/aromatic N) is 2. The molecule has 0 aliphatic rings. The third-order valence-electron chi connectivity index (χ3n) is 2.27. The zero-order valence-corrected chi connectivity index (χ0v) is 10.5. The van der Waals surface area contributed by atoms with Crippen molar-refractivity contribution in [3.63, 3.8) is 0 Å². The van der Waals surface area contributed by atoms with Crippen molar-refractivity contribution in [3.8, 4) is 0 Å². The highest BCUT2D eigenvalue weighted by molar-refractivity contribution is 7.89. The molecule has 1 heterocycles. The summed E-state index contributed by atoms with van der Waals surface area (Å²) in [6.07, 6.45) is 1.91. The van der Waals surface area contributed by atoms with Crippen LogP contribution in [0.1, 0.15) is 37.9 Å². The van der Waals surface area contributed by atoms with E-state index in [0.717, 1.165) is 12.7 Å². The highest BCUT2D eigenvalue weighted by Gasteiger charge is 2.22. The number of aromatic nitrogens is 2. The number of nitrogens with two attached hydrogens (primary N) is 1. The van der Waals surface area contributed by atoms with Gasteiger partial charge in [-0.15, -0.1) is 0 Å². The molecule has 92 valence electrons. The average Bonchev–Trinajstić information content (AvgIpc) is 2.50. The molecule has 0 spiro atoms.